The van der Waals surface area contributed by atoms with Crippen molar-refractivity contribution in [2.75, 3.05) is 19.0 Å². The molecular formula is C12H11BrClFN2O2. The van der Waals surface area contributed by atoms with E-state index in [1.165, 1.54) is 18.3 Å². The van der Waals surface area contributed by atoms with E-state index >= 15 is 0 Å². The molecule has 1 aromatic heterocycles. The number of carbonyl (C=O) groups is 1. The van der Waals surface area contributed by atoms with Gasteiger partial charge in [0, 0.05) is 25.7 Å². The smallest absolute Gasteiger partial charge is 0.339 e. The van der Waals surface area contributed by atoms with Crippen LogP contribution in [0.25, 0.3) is 10.9 Å². The lowest BCUT2D eigenvalue weighted by Crippen LogP contribution is -2.15. The molecule has 2 rings (SSSR count). The molecule has 7 heteroatoms. The van der Waals surface area contributed by atoms with Crippen LogP contribution in [0.2, 0.25) is 0 Å². The van der Waals surface area contributed by atoms with Crippen molar-refractivity contribution in [3.8, 4) is 0 Å². The molecule has 0 fully saturated rings. The van der Waals surface area contributed by atoms with Crippen molar-refractivity contribution < 1.29 is 14.3 Å². The van der Waals surface area contributed by atoms with Crippen LogP contribution in [0.15, 0.2) is 22.8 Å². The molecular weight excluding hydrogens is 338 g/mol. The lowest BCUT2D eigenvalue weighted by atomic mass is 10.1. The highest BCUT2D eigenvalue weighted by atomic mass is 79.9. The first-order valence-electron chi connectivity index (χ1n) is 5.10. The van der Waals surface area contributed by atoms with Gasteiger partial charge in [-0.3, -0.25) is 4.98 Å². The average Bonchev–Trinajstić information content (AvgIpc) is 2.32. The van der Waals surface area contributed by atoms with Crippen LogP contribution in [-0.4, -0.2) is 30.2 Å². The molecule has 0 amide bonds. The van der Waals surface area contributed by atoms with Gasteiger partial charge in [-0.1, -0.05) is 0 Å². The summed E-state index contributed by atoms with van der Waals surface area (Å²) in [5, 5.41) is 9.74. The summed E-state index contributed by atoms with van der Waals surface area (Å²) in [5.41, 5.74) is 1.00. The molecule has 0 aliphatic rings. The Bertz CT molecular complexity index is 649. The van der Waals surface area contributed by atoms with E-state index in [2.05, 4.69) is 20.9 Å². The fourth-order valence-corrected chi connectivity index (χ4v) is 2.28. The first-order chi connectivity index (χ1) is 8.43. The number of rotatable bonds is 2. The van der Waals surface area contributed by atoms with Crippen LogP contribution in [0.1, 0.15) is 10.4 Å². The average molecular weight is 350 g/mol. The number of hydrogen-bond donors (Lipinski definition) is 1. The van der Waals surface area contributed by atoms with Crippen molar-refractivity contribution in [3.05, 3.63) is 34.2 Å². The Kier molecular flexibility index (Phi) is 4.70. The van der Waals surface area contributed by atoms with E-state index in [9.17, 15) is 9.18 Å². The zero-order valence-corrected chi connectivity index (χ0v) is 12.5. The summed E-state index contributed by atoms with van der Waals surface area (Å²) >= 11 is 3.12. The zero-order valence-electron chi connectivity index (χ0n) is 10.1. The summed E-state index contributed by atoms with van der Waals surface area (Å²) in [6, 6.07) is 2.82. The van der Waals surface area contributed by atoms with E-state index in [-0.39, 0.29) is 22.4 Å². The number of pyridine rings is 1. The van der Waals surface area contributed by atoms with Crippen LogP contribution in [0.4, 0.5) is 10.1 Å². The molecule has 4 nitrogen and oxygen atoms in total. The Morgan fingerprint density at radius 1 is 1.42 bits per heavy atom. The number of hydrogen-bond acceptors (Lipinski definition) is 3. The van der Waals surface area contributed by atoms with Gasteiger partial charge >= 0.3 is 5.97 Å². The topological polar surface area (TPSA) is 53.4 Å². The third-order valence-electron chi connectivity index (χ3n) is 2.58. The van der Waals surface area contributed by atoms with Crippen LogP contribution in [0, 0.1) is 5.82 Å². The number of carboxylic acid groups (broad SMARTS) is 1. The predicted octanol–water partition coefficient (Wildman–Crippen LogP) is 3.32. The molecule has 19 heavy (non-hydrogen) atoms. The van der Waals surface area contributed by atoms with Gasteiger partial charge in [-0.05, 0) is 28.1 Å². The molecule has 0 atom stereocenters. The van der Waals surface area contributed by atoms with Gasteiger partial charge in [0.1, 0.15) is 11.4 Å². The second kappa shape index (κ2) is 5.71. The standard InChI is InChI=1S/C12H10BrFN2O2.ClH/c1-16(2)11-6-3-4-8(14)9(13)10(6)15-5-7(11)12(17)18;/h3-5H,1-2H3,(H,17,18);1H. The molecule has 0 aliphatic carbocycles. The molecule has 0 unspecified atom stereocenters. The lowest BCUT2D eigenvalue weighted by molar-refractivity contribution is 0.0697. The maximum absolute atomic E-state index is 13.4. The van der Waals surface area contributed by atoms with Gasteiger partial charge < -0.3 is 10.0 Å². The fourth-order valence-electron chi connectivity index (χ4n) is 1.83. The molecule has 0 saturated heterocycles. The third-order valence-corrected chi connectivity index (χ3v) is 3.33. The summed E-state index contributed by atoms with van der Waals surface area (Å²) in [4.78, 5) is 16.9. The number of carboxylic acids is 1. The molecule has 0 spiro atoms. The van der Waals surface area contributed by atoms with Gasteiger partial charge in [0.05, 0.1) is 15.7 Å². The second-order valence-corrected chi connectivity index (χ2v) is 4.77. The number of halogens is 3. The Morgan fingerprint density at radius 2 is 2.05 bits per heavy atom. The Labute approximate surface area is 123 Å². The van der Waals surface area contributed by atoms with Crippen LogP contribution < -0.4 is 4.90 Å². The summed E-state index contributed by atoms with van der Waals surface area (Å²) in [6.45, 7) is 0. The number of benzene rings is 1. The minimum absolute atomic E-state index is 0. The Balaban J connectivity index is 0.00000180. The van der Waals surface area contributed by atoms with Crippen LogP contribution in [0.5, 0.6) is 0 Å². The highest BCUT2D eigenvalue weighted by Crippen LogP contribution is 2.33. The molecule has 1 N–H and O–H groups in total. The van der Waals surface area contributed by atoms with E-state index in [1.807, 2.05) is 0 Å². The molecule has 1 aromatic carbocycles. The highest BCUT2D eigenvalue weighted by molar-refractivity contribution is 9.10. The summed E-state index contributed by atoms with van der Waals surface area (Å²) < 4.78 is 13.7. The van der Waals surface area contributed by atoms with E-state index < -0.39 is 11.8 Å². The Hall–Kier alpha value is -1.40. The van der Waals surface area contributed by atoms with Crippen molar-refractivity contribution in [3.63, 3.8) is 0 Å². The number of nitrogens with zero attached hydrogens (tertiary/aromatic N) is 2. The summed E-state index contributed by atoms with van der Waals surface area (Å²) in [6.07, 6.45) is 1.24. The van der Waals surface area contributed by atoms with E-state index in [4.69, 9.17) is 5.11 Å². The first-order valence-corrected chi connectivity index (χ1v) is 5.90. The molecule has 1 heterocycles. The first kappa shape index (κ1) is 15.7. The molecule has 102 valence electrons. The van der Waals surface area contributed by atoms with Crippen LogP contribution in [-0.2, 0) is 0 Å². The summed E-state index contributed by atoms with van der Waals surface area (Å²) in [5.74, 6) is -1.49. The monoisotopic (exact) mass is 348 g/mol. The molecule has 0 saturated carbocycles. The largest absolute Gasteiger partial charge is 0.478 e. The van der Waals surface area contributed by atoms with Gasteiger partial charge in [0.2, 0.25) is 0 Å². The quantitative estimate of drug-likeness (QED) is 0.903. The molecule has 0 radical (unpaired) electrons. The number of anilines is 1. The van der Waals surface area contributed by atoms with E-state index in [1.54, 1.807) is 19.0 Å². The maximum atomic E-state index is 13.4. The van der Waals surface area contributed by atoms with Crippen molar-refractivity contribution in [1.82, 2.24) is 4.98 Å². The lowest BCUT2D eigenvalue weighted by Gasteiger charge is -2.18. The van der Waals surface area contributed by atoms with Crippen molar-refractivity contribution in [1.29, 1.82) is 0 Å². The molecule has 0 bridgehead atoms. The molecule has 0 aliphatic heterocycles. The molecule has 2 aromatic rings. The van der Waals surface area contributed by atoms with Gasteiger partial charge in [-0.15, -0.1) is 12.4 Å². The predicted molar refractivity (Wildman–Crippen MR) is 77.9 cm³/mol. The minimum Gasteiger partial charge on any atom is -0.478 e. The van der Waals surface area contributed by atoms with Gasteiger partial charge in [0.15, 0.2) is 0 Å². The van der Waals surface area contributed by atoms with Gasteiger partial charge in [0.25, 0.3) is 0 Å². The van der Waals surface area contributed by atoms with Crippen LogP contribution >= 0.6 is 28.3 Å². The van der Waals surface area contributed by atoms with Crippen molar-refractivity contribution >= 4 is 50.9 Å². The van der Waals surface area contributed by atoms with Crippen LogP contribution in [0.3, 0.4) is 0 Å². The zero-order chi connectivity index (χ0) is 13.4. The van der Waals surface area contributed by atoms with Gasteiger partial charge in [-0.25, -0.2) is 9.18 Å². The van der Waals surface area contributed by atoms with Crippen molar-refractivity contribution in [2.45, 2.75) is 0 Å². The fraction of sp³-hybridized carbons (Fsp3) is 0.167. The maximum Gasteiger partial charge on any atom is 0.339 e. The van der Waals surface area contributed by atoms with E-state index in [0.29, 0.717) is 16.6 Å². The number of fused-ring (bicyclic) bond motifs is 1. The second-order valence-electron chi connectivity index (χ2n) is 3.98. The minimum atomic E-state index is -1.06. The number of aromatic nitrogens is 1. The Morgan fingerprint density at radius 3 is 2.58 bits per heavy atom. The van der Waals surface area contributed by atoms with Gasteiger partial charge in [-0.2, -0.15) is 0 Å². The normalized spacial score (nSPS) is 10.1. The SMILES string of the molecule is CN(C)c1c(C(=O)O)cnc2c(Br)c(F)ccc12.Cl. The third kappa shape index (κ3) is 2.64. The highest BCUT2D eigenvalue weighted by Gasteiger charge is 2.18. The van der Waals surface area contributed by atoms with Crippen molar-refractivity contribution in [2.24, 2.45) is 0 Å². The summed E-state index contributed by atoms with van der Waals surface area (Å²) in [7, 11) is 3.47. The number of aromatic carboxylic acids is 1. The van der Waals surface area contributed by atoms with E-state index in [0.717, 1.165) is 0 Å².